The van der Waals surface area contributed by atoms with Crippen LogP contribution in [-0.2, 0) is 9.53 Å². The highest BCUT2D eigenvalue weighted by Crippen LogP contribution is 2.34. The Morgan fingerprint density at radius 1 is 1.00 bits per heavy atom. The number of carbonyl (C=O) groups is 1. The number of carbonyl (C=O) groups excluding carboxylic acids is 1. The molecule has 30 heavy (non-hydrogen) atoms. The van der Waals surface area contributed by atoms with E-state index in [9.17, 15) is 18.0 Å². The van der Waals surface area contributed by atoms with Gasteiger partial charge in [0.1, 0.15) is 16.9 Å². The van der Waals surface area contributed by atoms with Crippen molar-refractivity contribution in [3.05, 3.63) is 66.7 Å². The Morgan fingerprint density at radius 2 is 1.60 bits per heavy atom. The van der Waals surface area contributed by atoms with Crippen molar-refractivity contribution >= 4 is 27.5 Å². The quantitative estimate of drug-likeness (QED) is 0.248. The lowest BCUT2D eigenvalue weighted by atomic mass is 9.99. The lowest BCUT2D eigenvalue weighted by Crippen LogP contribution is -2.35. The monoisotopic (exact) mass is 416 g/mol. The largest absolute Gasteiger partial charge is 0.493 e. The lowest BCUT2D eigenvalue weighted by Gasteiger charge is -2.29. The molecule has 0 fully saturated rings. The smallest absolute Gasteiger partial charge is 0.422 e. The molecule has 3 nitrogen and oxygen atoms in total. The Morgan fingerprint density at radius 3 is 2.23 bits per heavy atom. The first kappa shape index (κ1) is 21.7. The molecule has 0 amide bonds. The third-order valence-electron chi connectivity index (χ3n) is 5.29. The van der Waals surface area contributed by atoms with E-state index in [1.54, 1.807) is 13.8 Å². The molecule has 1 atom stereocenters. The molecule has 0 heterocycles. The summed E-state index contributed by atoms with van der Waals surface area (Å²) in [7, 11) is 0. The number of hydrogen-bond donors (Lipinski definition) is 0. The van der Waals surface area contributed by atoms with Crippen LogP contribution in [-0.4, -0.2) is 24.4 Å². The molecule has 0 bridgehead atoms. The zero-order valence-corrected chi connectivity index (χ0v) is 16.9. The Balaban J connectivity index is 1.77. The molecule has 0 spiro atoms. The Kier molecular flexibility index (Phi) is 6.06. The first-order valence-corrected chi connectivity index (χ1v) is 9.67. The molecular formula is C24H23F3O3. The van der Waals surface area contributed by atoms with Gasteiger partial charge in [0.15, 0.2) is 0 Å². The molecule has 1 unspecified atom stereocenters. The molecule has 158 valence electrons. The van der Waals surface area contributed by atoms with Gasteiger partial charge < -0.3 is 9.47 Å². The van der Waals surface area contributed by atoms with Crippen LogP contribution in [0.4, 0.5) is 13.2 Å². The molecular weight excluding hydrogens is 393 g/mol. The van der Waals surface area contributed by atoms with E-state index in [4.69, 9.17) is 9.47 Å². The molecule has 0 aromatic heterocycles. The first-order valence-electron chi connectivity index (χ1n) is 9.67. The Bertz CT molecular complexity index is 1090. The predicted octanol–water partition coefficient (Wildman–Crippen LogP) is 6.59. The zero-order chi connectivity index (χ0) is 21.9. The maximum atomic E-state index is 12.7. The van der Waals surface area contributed by atoms with Crippen molar-refractivity contribution in [3.63, 3.8) is 0 Å². The van der Waals surface area contributed by atoms with Crippen LogP contribution in [0.1, 0.15) is 26.7 Å². The summed E-state index contributed by atoms with van der Waals surface area (Å²) in [6.45, 7) is 6.32. The van der Waals surface area contributed by atoms with E-state index in [2.05, 4.69) is 6.58 Å². The van der Waals surface area contributed by atoms with Gasteiger partial charge in [0.2, 0.25) is 0 Å². The summed E-state index contributed by atoms with van der Waals surface area (Å²) >= 11 is 0. The van der Waals surface area contributed by atoms with Gasteiger partial charge in [0, 0.05) is 11.8 Å². The van der Waals surface area contributed by atoms with Crippen molar-refractivity contribution in [3.8, 4) is 5.75 Å². The molecule has 6 heteroatoms. The lowest BCUT2D eigenvalue weighted by molar-refractivity contribution is -0.164. The van der Waals surface area contributed by atoms with E-state index in [0.717, 1.165) is 21.5 Å². The average Bonchev–Trinajstić information content (AvgIpc) is 2.72. The summed E-state index contributed by atoms with van der Waals surface area (Å²) in [4.78, 5) is 11.8. The van der Waals surface area contributed by atoms with Crippen molar-refractivity contribution in [1.82, 2.24) is 0 Å². The minimum atomic E-state index is -4.81. The summed E-state index contributed by atoms with van der Waals surface area (Å²) in [6.07, 6.45) is -4.24. The molecule has 0 N–H and O–H groups in total. The van der Waals surface area contributed by atoms with Crippen LogP contribution in [0, 0.1) is 0 Å². The van der Waals surface area contributed by atoms with Gasteiger partial charge in [-0.3, -0.25) is 0 Å². The summed E-state index contributed by atoms with van der Waals surface area (Å²) < 4.78 is 49.2. The van der Waals surface area contributed by atoms with Gasteiger partial charge in [-0.05, 0) is 35.6 Å². The number of rotatable bonds is 7. The topological polar surface area (TPSA) is 35.5 Å². The van der Waals surface area contributed by atoms with Crippen molar-refractivity contribution in [2.24, 2.45) is 0 Å². The third kappa shape index (κ3) is 4.58. The SMILES string of the molecule is C=C(C(=O)OC(C)(CC)CCOc1cc2ccccc2c2ccccc12)C(F)(F)F. The van der Waals surface area contributed by atoms with Crippen LogP contribution in [0.15, 0.2) is 66.7 Å². The molecule has 3 aromatic carbocycles. The van der Waals surface area contributed by atoms with Crippen LogP contribution >= 0.6 is 0 Å². The van der Waals surface area contributed by atoms with Crippen molar-refractivity contribution in [2.75, 3.05) is 6.61 Å². The highest BCUT2D eigenvalue weighted by molar-refractivity contribution is 6.10. The second kappa shape index (κ2) is 8.38. The van der Waals surface area contributed by atoms with Crippen molar-refractivity contribution in [2.45, 2.75) is 38.5 Å². The maximum absolute atomic E-state index is 12.7. The van der Waals surface area contributed by atoms with Gasteiger partial charge in [0.05, 0.1) is 6.61 Å². The van der Waals surface area contributed by atoms with Gasteiger partial charge in [0.25, 0.3) is 0 Å². The minimum absolute atomic E-state index is 0.179. The summed E-state index contributed by atoms with van der Waals surface area (Å²) in [5.74, 6) is -0.781. The van der Waals surface area contributed by atoms with Crippen LogP contribution in [0.2, 0.25) is 0 Å². The molecule has 0 saturated heterocycles. The molecule has 0 radical (unpaired) electrons. The highest BCUT2D eigenvalue weighted by atomic mass is 19.4. The van der Waals surface area contributed by atoms with Gasteiger partial charge in [-0.15, -0.1) is 0 Å². The van der Waals surface area contributed by atoms with Gasteiger partial charge in [-0.1, -0.05) is 62.0 Å². The molecule has 3 aromatic rings. The van der Waals surface area contributed by atoms with Crippen LogP contribution in [0.25, 0.3) is 21.5 Å². The van der Waals surface area contributed by atoms with E-state index in [0.29, 0.717) is 12.2 Å². The van der Waals surface area contributed by atoms with Gasteiger partial charge >= 0.3 is 12.1 Å². The fourth-order valence-corrected chi connectivity index (χ4v) is 3.22. The van der Waals surface area contributed by atoms with E-state index in [-0.39, 0.29) is 13.0 Å². The standard InChI is InChI=1S/C24H23F3O3/c1-4-23(3,30-22(28)16(2)24(25,26)27)13-14-29-21-15-17-9-5-6-10-18(17)19-11-7-8-12-20(19)21/h5-12,15H,2,4,13-14H2,1,3H3. The number of halogens is 3. The zero-order valence-electron chi connectivity index (χ0n) is 16.9. The molecule has 0 saturated carbocycles. The fourth-order valence-electron chi connectivity index (χ4n) is 3.22. The van der Waals surface area contributed by atoms with Crippen molar-refractivity contribution < 1.29 is 27.4 Å². The molecule has 0 aliphatic heterocycles. The van der Waals surface area contributed by atoms with E-state index < -0.39 is 23.3 Å². The fraction of sp³-hybridized carbons (Fsp3) is 0.292. The molecule has 0 aliphatic carbocycles. The number of fused-ring (bicyclic) bond motifs is 3. The second-order valence-electron chi connectivity index (χ2n) is 7.41. The summed E-state index contributed by atoms with van der Waals surface area (Å²) in [6, 6.07) is 17.8. The van der Waals surface area contributed by atoms with Crippen LogP contribution in [0.5, 0.6) is 5.75 Å². The number of alkyl halides is 3. The highest BCUT2D eigenvalue weighted by Gasteiger charge is 2.40. The third-order valence-corrected chi connectivity index (χ3v) is 5.29. The minimum Gasteiger partial charge on any atom is -0.493 e. The second-order valence-corrected chi connectivity index (χ2v) is 7.41. The van der Waals surface area contributed by atoms with Gasteiger partial charge in [-0.25, -0.2) is 4.79 Å². The van der Waals surface area contributed by atoms with Crippen LogP contribution in [0.3, 0.4) is 0 Å². The van der Waals surface area contributed by atoms with Gasteiger partial charge in [-0.2, -0.15) is 13.2 Å². The van der Waals surface area contributed by atoms with E-state index in [1.807, 2.05) is 54.6 Å². The van der Waals surface area contributed by atoms with Crippen LogP contribution < -0.4 is 4.74 Å². The van der Waals surface area contributed by atoms with E-state index in [1.165, 1.54) is 0 Å². The van der Waals surface area contributed by atoms with Crippen molar-refractivity contribution in [1.29, 1.82) is 0 Å². The first-order chi connectivity index (χ1) is 14.1. The Labute approximate surface area is 173 Å². The van der Waals surface area contributed by atoms with E-state index >= 15 is 0 Å². The normalized spacial score (nSPS) is 13.8. The number of ether oxygens (including phenoxy) is 2. The summed E-state index contributed by atoms with van der Waals surface area (Å²) in [5.41, 5.74) is -2.61. The molecule has 3 rings (SSSR count). The number of esters is 1. The number of benzene rings is 3. The molecule has 0 aliphatic rings. The predicted molar refractivity (Wildman–Crippen MR) is 112 cm³/mol. The number of hydrogen-bond acceptors (Lipinski definition) is 3. The maximum Gasteiger partial charge on any atom is 0.422 e. The summed E-state index contributed by atoms with van der Waals surface area (Å²) in [5, 5.41) is 4.13. The average molecular weight is 416 g/mol. The Hall–Kier alpha value is -3.02.